The van der Waals surface area contributed by atoms with Gasteiger partial charge in [0.1, 0.15) is 22.6 Å². The molecule has 0 aliphatic rings. The maximum atomic E-state index is 13.0. The number of nitrogen functional groups attached to an aromatic ring is 1. The van der Waals surface area contributed by atoms with Gasteiger partial charge in [-0.15, -0.1) is 0 Å². The standard InChI is InChI=1S/C27H33N7O4.C2H6/c1-6-9-18(16-33(5)26(36)38-27(2,3)4)34-23-21(24(28)30-31-25(23)35)22(32-34)17-11-13-19(14-12-17)37-20-10-7-8-15-29-20;1-2/h7-8,10-15,18H,6,9,16H2,1-5H3,(H2,28,30)(H,31,35);1-2H3. The highest BCUT2D eigenvalue weighted by atomic mass is 16.6. The monoisotopic (exact) mass is 549 g/mol. The highest BCUT2D eigenvalue weighted by Crippen LogP contribution is 2.33. The highest BCUT2D eigenvalue weighted by Gasteiger charge is 2.27. The van der Waals surface area contributed by atoms with Crippen molar-refractivity contribution in [2.45, 2.75) is 66.0 Å². The number of H-pyrrole nitrogens is 1. The Morgan fingerprint density at radius 3 is 2.45 bits per heavy atom. The second kappa shape index (κ2) is 13.1. The first kappa shape index (κ1) is 30.1. The van der Waals surface area contributed by atoms with Crippen molar-refractivity contribution < 1.29 is 14.3 Å². The number of likely N-dealkylation sites (N-methyl/N-ethyl adjacent to an activating group) is 1. The highest BCUT2D eigenvalue weighted by molar-refractivity contribution is 5.99. The molecule has 3 aromatic heterocycles. The zero-order valence-electron chi connectivity index (χ0n) is 24.3. The summed E-state index contributed by atoms with van der Waals surface area (Å²) in [7, 11) is 1.67. The maximum absolute atomic E-state index is 13.0. The molecule has 214 valence electrons. The van der Waals surface area contributed by atoms with Gasteiger partial charge in [0.25, 0.3) is 5.56 Å². The number of carbonyl (C=O) groups excluding carboxylic acids is 1. The third-order valence-electron chi connectivity index (χ3n) is 5.81. The fraction of sp³-hybridized carbons (Fsp3) is 0.414. The van der Waals surface area contributed by atoms with Crippen molar-refractivity contribution in [1.29, 1.82) is 0 Å². The van der Waals surface area contributed by atoms with Crippen molar-refractivity contribution >= 4 is 22.8 Å². The largest absolute Gasteiger partial charge is 0.444 e. The quantitative estimate of drug-likeness (QED) is 0.281. The summed E-state index contributed by atoms with van der Waals surface area (Å²) in [4.78, 5) is 31.3. The van der Waals surface area contributed by atoms with Gasteiger partial charge in [0, 0.05) is 31.4 Å². The van der Waals surface area contributed by atoms with Gasteiger partial charge in [-0.1, -0.05) is 33.3 Å². The molecule has 3 N–H and O–H groups in total. The van der Waals surface area contributed by atoms with Crippen molar-refractivity contribution in [3.05, 3.63) is 59.0 Å². The molecule has 0 aliphatic carbocycles. The summed E-state index contributed by atoms with van der Waals surface area (Å²) in [5.74, 6) is 1.24. The smallest absolute Gasteiger partial charge is 0.410 e. The lowest BCUT2D eigenvalue weighted by Gasteiger charge is -2.28. The minimum Gasteiger partial charge on any atom is -0.444 e. The van der Waals surface area contributed by atoms with Gasteiger partial charge in [-0.25, -0.2) is 14.9 Å². The second-order valence-corrected chi connectivity index (χ2v) is 10.1. The number of hydrogen-bond donors (Lipinski definition) is 2. The molecule has 4 aromatic rings. The lowest BCUT2D eigenvalue weighted by Crippen LogP contribution is -2.38. The van der Waals surface area contributed by atoms with E-state index in [0.29, 0.717) is 34.6 Å². The van der Waals surface area contributed by atoms with E-state index in [-0.39, 0.29) is 18.4 Å². The number of nitrogens with one attached hydrogen (secondary N) is 1. The average Bonchev–Trinajstić information content (AvgIpc) is 3.34. The van der Waals surface area contributed by atoms with E-state index in [4.69, 9.17) is 20.3 Å². The number of pyridine rings is 1. The summed E-state index contributed by atoms with van der Waals surface area (Å²) in [5, 5.41) is 11.7. The lowest BCUT2D eigenvalue weighted by atomic mass is 10.1. The Morgan fingerprint density at radius 2 is 1.85 bits per heavy atom. The van der Waals surface area contributed by atoms with Crippen LogP contribution >= 0.6 is 0 Å². The van der Waals surface area contributed by atoms with E-state index in [1.165, 1.54) is 4.90 Å². The molecule has 0 saturated carbocycles. The van der Waals surface area contributed by atoms with E-state index in [1.807, 2.05) is 65.8 Å². The molecule has 1 amide bonds. The first-order valence-corrected chi connectivity index (χ1v) is 13.5. The van der Waals surface area contributed by atoms with Crippen LogP contribution in [-0.2, 0) is 4.74 Å². The van der Waals surface area contributed by atoms with Crippen LogP contribution in [0.1, 0.15) is 60.4 Å². The minimum absolute atomic E-state index is 0.158. The van der Waals surface area contributed by atoms with Crippen LogP contribution in [0.25, 0.3) is 22.2 Å². The molecule has 40 heavy (non-hydrogen) atoms. The Balaban J connectivity index is 0.00000216. The molecule has 0 bridgehead atoms. The number of nitrogens with zero attached hydrogens (tertiary/aromatic N) is 5. The summed E-state index contributed by atoms with van der Waals surface area (Å²) >= 11 is 0. The summed E-state index contributed by atoms with van der Waals surface area (Å²) in [6.07, 6.45) is 2.68. The fourth-order valence-electron chi connectivity index (χ4n) is 4.14. The number of rotatable bonds is 8. The van der Waals surface area contributed by atoms with Gasteiger partial charge >= 0.3 is 6.09 Å². The van der Waals surface area contributed by atoms with Gasteiger partial charge in [-0.2, -0.15) is 10.2 Å². The van der Waals surface area contributed by atoms with Crippen molar-refractivity contribution in [1.82, 2.24) is 29.9 Å². The van der Waals surface area contributed by atoms with E-state index >= 15 is 0 Å². The minimum atomic E-state index is -0.624. The summed E-state index contributed by atoms with van der Waals surface area (Å²) < 4.78 is 13.0. The number of hydrogen-bond acceptors (Lipinski definition) is 8. The summed E-state index contributed by atoms with van der Waals surface area (Å²) in [5.41, 5.74) is 6.76. The Hall–Kier alpha value is -4.41. The van der Waals surface area contributed by atoms with Crippen LogP contribution in [0.5, 0.6) is 11.6 Å². The zero-order chi connectivity index (χ0) is 29.4. The van der Waals surface area contributed by atoms with Crippen molar-refractivity contribution in [2.75, 3.05) is 19.3 Å². The third kappa shape index (κ3) is 7.16. The van der Waals surface area contributed by atoms with E-state index in [1.54, 1.807) is 36.1 Å². The zero-order valence-corrected chi connectivity index (χ0v) is 24.3. The normalized spacial score (nSPS) is 11.9. The van der Waals surface area contributed by atoms with E-state index in [2.05, 4.69) is 15.2 Å². The Bertz CT molecular complexity index is 1460. The van der Waals surface area contributed by atoms with E-state index < -0.39 is 17.3 Å². The molecule has 1 unspecified atom stereocenters. The van der Waals surface area contributed by atoms with Crippen LogP contribution in [0.15, 0.2) is 53.5 Å². The number of fused-ring (bicyclic) bond motifs is 1. The fourth-order valence-corrected chi connectivity index (χ4v) is 4.14. The number of anilines is 1. The van der Waals surface area contributed by atoms with Crippen molar-refractivity contribution in [3.8, 4) is 22.9 Å². The maximum Gasteiger partial charge on any atom is 0.410 e. The van der Waals surface area contributed by atoms with Gasteiger partial charge in [0.15, 0.2) is 5.82 Å². The van der Waals surface area contributed by atoms with Gasteiger partial charge in [-0.05, 0) is 57.5 Å². The number of ether oxygens (including phenoxy) is 2. The average molecular weight is 550 g/mol. The Morgan fingerprint density at radius 1 is 1.15 bits per heavy atom. The van der Waals surface area contributed by atoms with Gasteiger partial charge in [0.05, 0.1) is 11.4 Å². The van der Waals surface area contributed by atoms with E-state index in [9.17, 15) is 9.59 Å². The molecular weight excluding hydrogens is 510 g/mol. The molecule has 3 heterocycles. The molecule has 0 saturated heterocycles. The SMILES string of the molecule is CC.CCCC(CN(C)C(=O)OC(C)(C)C)n1nc(-c2ccc(Oc3ccccn3)cc2)c2c(N)n[nH]c(=O)c21. The Labute approximate surface area is 234 Å². The van der Waals surface area contributed by atoms with Gasteiger partial charge < -0.3 is 20.1 Å². The molecular formula is C29H39N7O4. The molecule has 0 fully saturated rings. The molecule has 0 radical (unpaired) electrons. The van der Waals surface area contributed by atoms with Crippen LogP contribution in [-0.4, -0.2) is 55.1 Å². The van der Waals surface area contributed by atoms with Crippen LogP contribution in [0, 0.1) is 0 Å². The number of nitrogens with two attached hydrogens (primary N) is 1. The molecule has 0 spiro atoms. The van der Waals surface area contributed by atoms with Gasteiger partial charge in [0.2, 0.25) is 5.88 Å². The summed E-state index contributed by atoms with van der Waals surface area (Å²) in [6, 6.07) is 12.4. The van der Waals surface area contributed by atoms with Crippen LogP contribution in [0.4, 0.5) is 10.6 Å². The number of aromatic amines is 1. The number of carbonyl (C=O) groups is 1. The molecule has 4 rings (SSSR count). The number of amides is 1. The topological polar surface area (TPSA) is 141 Å². The number of aromatic nitrogens is 5. The molecule has 11 nitrogen and oxygen atoms in total. The van der Waals surface area contributed by atoms with Gasteiger partial charge in [-0.3, -0.25) is 9.48 Å². The number of benzene rings is 1. The molecule has 11 heteroatoms. The first-order chi connectivity index (χ1) is 19.1. The first-order valence-electron chi connectivity index (χ1n) is 13.5. The summed E-state index contributed by atoms with van der Waals surface area (Å²) in [6.45, 7) is 11.8. The second-order valence-electron chi connectivity index (χ2n) is 10.1. The van der Waals surface area contributed by atoms with Crippen molar-refractivity contribution in [2.24, 2.45) is 0 Å². The molecule has 0 aliphatic heterocycles. The Kier molecular flexibility index (Phi) is 9.87. The van der Waals surface area contributed by atoms with E-state index in [0.717, 1.165) is 12.0 Å². The predicted molar refractivity (Wildman–Crippen MR) is 156 cm³/mol. The molecule has 1 aromatic carbocycles. The van der Waals surface area contributed by atoms with Crippen molar-refractivity contribution in [3.63, 3.8) is 0 Å². The molecule has 1 atom stereocenters. The van der Waals surface area contributed by atoms with Crippen LogP contribution in [0.2, 0.25) is 0 Å². The third-order valence-corrected chi connectivity index (χ3v) is 5.81. The van der Waals surface area contributed by atoms with Crippen LogP contribution in [0.3, 0.4) is 0 Å². The lowest BCUT2D eigenvalue weighted by molar-refractivity contribution is 0.0272. The predicted octanol–water partition coefficient (Wildman–Crippen LogP) is 5.79. The van der Waals surface area contributed by atoms with Crippen LogP contribution < -0.4 is 16.0 Å².